The van der Waals surface area contributed by atoms with Crippen molar-refractivity contribution < 1.29 is 4.74 Å². The van der Waals surface area contributed by atoms with E-state index in [0.717, 1.165) is 32.8 Å². The zero-order chi connectivity index (χ0) is 10.8. The van der Waals surface area contributed by atoms with Crippen molar-refractivity contribution in [1.29, 1.82) is 0 Å². The van der Waals surface area contributed by atoms with Gasteiger partial charge in [-0.15, -0.1) is 0 Å². The molecule has 2 N–H and O–H groups in total. The second kappa shape index (κ2) is 4.44. The number of rotatable bonds is 3. The van der Waals surface area contributed by atoms with Gasteiger partial charge in [-0.3, -0.25) is 0 Å². The summed E-state index contributed by atoms with van der Waals surface area (Å²) in [7, 11) is 0. The van der Waals surface area contributed by atoms with Crippen molar-refractivity contribution in [3.8, 4) is 0 Å². The lowest BCUT2D eigenvalue weighted by Gasteiger charge is -2.13. The molecule has 1 atom stereocenters. The van der Waals surface area contributed by atoms with Crippen LogP contribution in [0, 0.1) is 5.92 Å². The first kappa shape index (κ1) is 10.1. The van der Waals surface area contributed by atoms with Crippen LogP contribution in [0.1, 0.15) is 17.5 Å². The van der Waals surface area contributed by atoms with Gasteiger partial charge in [0, 0.05) is 37.8 Å². The fourth-order valence-electron chi connectivity index (χ4n) is 2.50. The largest absolute Gasteiger partial charge is 0.384 e. The minimum absolute atomic E-state index is 0.685. The number of ether oxygens (including phenoxy) is 1. The molecule has 2 aliphatic rings. The first-order valence-electron chi connectivity index (χ1n) is 6.06. The van der Waals surface area contributed by atoms with Crippen LogP contribution in [0.4, 0.5) is 5.69 Å². The summed E-state index contributed by atoms with van der Waals surface area (Å²) in [6.07, 6.45) is 1.19. The fourth-order valence-corrected chi connectivity index (χ4v) is 2.50. The Morgan fingerprint density at radius 3 is 3.25 bits per heavy atom. The van der Waals surface area contributed by atoms with Crippen LogP contribution in [0.3, 0.4) is 0 Å². The highest BCUT2D eigenvalue weighted by molar-refractivity contribution is 5.56. The van der Waals surface area contributed by atoms with Gasteiger partial charge in [-0.25, -0.2) is 0 Å². The number of nitrogens with one attached hydrogen (secondary N) is 2. The standard InChI is InChI=1S/C13H18N2O/c1-2-11-7-14-8-12(11)13(3-1)15-6-10-4-5-16-9-10/h1-3,10,14-15H,4-9H2. The molecule has 2 aliphatic heterocycles. The molecule has 3 heteroatoms. The molecule has 0 amide bonds. The summed E-state index contributed by atoms with van der Waals surface area (Å²) in [6.45, 7) is 4.90. The molecule has 3 rings (SSSR count). The Kier molecular flexibility index (Phi) is 2.80. The molecule has 0 spiro atoms. The first-order valence-corrected chi connectivity index (χ1v) is 6.06. The third kappa shape index (κ3) is 1.93. The van der Waals surface area contributed by atoms with E-state index in [2.05, 4.69) is 28.8 Å². The summed E-state index contributed by atoms with van der Waals surface area (Å²) < 4.78 is 5.39. The van der Waals surface area contributed by atoms with E-state index in [-0.39, 0.29) is 0 Å². The molecule has 3 nitrogen and oxygen atoms in total. The molecule has 0 saturated carbocycles. The number of hydrogen-bond donors (Lipinski definition) is 2. The van der Waals surface area contributed by atoms with E-state index in [1.54, 1.807) is 0 Å². The quantitative estimate of drug-likeness (QED) is 0.810. The van der Waals surface area contributed by atoms with E-state index in [4.69, 9.17) is 4.74 Å². The zero-order valence-electron chi connectivity index (χ0n) is 9.46. The Morgan fingerprint density at radius 2 is 2.38 bits per heavy atom. The Balaban J connectivity index is 1.67. The number of fused-ring (bicyclic) bond motifs is 1. The molecule has 1 aromatic carbocycles. The fraction of sp³-hybridized carbons (Fsp3) is 0.538. The summed E-state index contributed by atoms with van der Waals surface area (Å²) in [5.74, 6) is 0.685. The van der Waals surface area contributed by atoms with Crippen molar-refractivity contribution in [1.82, 2.24) is 5.32 Å². The maximum absolute atomic E-state index is 5.39. The Bertz CT molecular complexity index is 372. The number of benzene rings is 1. The molecule has 1 fully saturated rings. The SMILES string of the molecule is c1cc2c(c(NCC3CCOC3)c1)CNC2. The van der Waals surface area contributed by atoms with Gasteiger partial charge in [0.2, 0.25) is 0 Å². The highest BCUT2D eigenvalue weighted by Crippen LogP contribution is 2.24. The molecule has 0 radical (unpaired) electrons. The predicted octanol–water partition coefficient (Wildman–Crippen LogP) is 1.74. The van der Waals surface area contributed by atoms with E-state index in [9.17, 15) is 0 Å². The molecule has 0 bridgehead atoms. The van der Waals surface area contributed by atoms with Crippen LogP contribution in [0.25, 0.3) is 0 Å². The van der Waals surface area contributed by atoms with Crippen LogP contribution in [-0.2, 0) is 17.8 Å². The highest BCUT2D eigenvalue weighted by atomic mass is 16.5. The van der Waals surface area contributed by atoms with Crippen LogP contribution in [0.5, 0.6) is 0 Å². The molecule has 0 aromatic heterocycles. The van der Waals surface area contributed by atoms with Crippen molar-refractivity contribution in [2.24, 2.45) is 5.92 Å². The molecular weight excluding hydrogens is 200 g/mol. The van der Waals surface area contributed by atoms with Crippen molar-refractivity contribution in [2.75, 3.05) is 25.1 Å². The number of hydrogen-bond acceptors (Lipinski definition) is 3. The molecule has 16 heavy (non-hydrogen) atoms. The van der Waals surface area contributed by atoms with Gasteiger partial charge in [-0.05, 0) is 23.6 Å². The predicted molar refractivity (Wildman–Crippen MR) is 64.4 cm³/mol. The Hall–Kier alpha value is -1.06. The molecule has 2 heterocycles. The minimum atomic E-state index is 0.685. The van der Waals surface area contributed by atoms with Gasteiger partial charge in [0.15, 0.2) is 0 Å². The molecular formula is C13H18N2O. The van der Waals surface area contributed by atoms with Crippen LogP contribution >= 0.6 is 0 Å². The minimum Gasteiger partial charge on any atom is -0.384 e. The smallest absolute Gasteiger partial charge is 0.0511 e. The van der Waals surface area contributed by atoms with Gasteiger partial charge in [0.25, 0.3) is 0 Å². The van der Waals surface area contributed by atoms with Gasteiger partial charge < -0.3 is 15.4 Å². The van der Waals surface area contributed by atoms with Crippen LogP contribution < -0.4 is 10.6 Å². The average Bonchev–Trinajstić information content (AvgIpc) is 2.97. The molecule has 86 valence electrons. The molecule has 1 unspecified atom stereocenters. The summed E-state index contributed by atoms with van der Waals surface area (Å²) in [5.41, 5.74) is 4.18. The summed E-state index contributed by atoms with van der Waals surface area (Å²) in [6, 6.07) is 6.53. The van der Waals surface area contributed by atoms with Gasteiger partial charge in [0.05, 0.1) is 6.61 Å². The highest BCUT2D eigenvalue weighted by Gasteiger charge is 2.17. The molecule has 1 aromatic rings. The van der Waals surface area contributed by atoms with Gasteiger partial charge in [-0.1, -0.05) is 12.1 Å². The third-order valence-electron chi connectivity index (χ3n) is 3.50. The first-order chi connectivity index (χ1) is 7.93. The molecule has 0 aliphatic carbocycles. The number of anilines is 1. The maximum atomic E-state index is 5.39. The Labute approximate surface area is 96.2 Å². The van der Waals surface area contributed by atoms with Crippen LogP contribution in [0.15, 0.2) is 18.2 Å². The lowest BCUT2D eigenvalue weighted by atomic mass is 10.1. The second-order valence-electron chi connectivity index (χ2n) is 4.66. The lowest BCUT2D eigenvalue weighted by molar-refractivity contribution is 0.187. The van der Waals surface area contributed by atoms with Crippen LogP contribution in [0.2, 0.25) is 0 Å². The van der Waals surface area contributed by atoms with E-state index < -0.39 is 0 Å². The van der Waals surface area contributed by atoms with E-state index in [1.807, 2.05) is 0 Å². The maximum Gasteiger partial charge on any atom is 0.0511 e. The van der Waals surface area contributed by atoms with Gasteiger partial charge >= 0.3 is 0 Å². The zero-order valence-corrected chi connectivity index (χ0v) is 9.46. The van der Waals surface area contributed by atoms with Gasteiger partial charge in [0.1, 0.15) is 0 Å². The van der Waals surface area contributed by atoms with E-state index in [1.165, 1.54) is 23.2 Å². The monoisotopic (exact) mass is 218 g/mol. The summed E-state index contributed by atoms with van der Waals surface area (Å²) >= 11 is 0. The Morgan fingerprint density at radius 1 is 1.38 bits per heavy atom. The van der Waals surface area contributed by atoms with Crippen molar-refractivity contribution in [3.05, 3.63) is 29.3 Å². The topological polar surface area (TPSA) is 33.3 Å². The normalized spacial score (nSPS) is 23.4. The third-order valence-corrected chi connectivity index (χ3v) is 3.50. The van der Waals surface area contributed by atoms with E-state index >= 15 is 0 Å². The van der Waals surface area contributed by atoms with Crippen LogP contribution in [-0.4, -0.2) is 19.8 Å². The van der Waals surface area contributed by atoms with Gasteiger partial charge in [-0.2, -0.15) is 0 Å². The summed E-state index contributed by atoms with van der Waals surface area (Å²) in [4.78, 5) is 0. The summed E-state index contributed by atoms with van der Waals surface area (Å²) in [5, 5.41) is 6.96. The lowest BCUT2D eigenvalue weighted by Crippen LogP contribution is -2.15. The molecule has 1 saturated heterocycles. The van der Waals surface area contributed by atoms with Crippen molar-refractivity contribution in [3.63, 3.8) is 0 Å². The van der Waals surface area contributed by atoms with Crippen molar-refractivity contribution in [2.45, 2.75) is 19.5 Å². The van der Waals surface area contributed by atoms with E-state index in [0.29, 0.717) is 5.92 Å². The van der Waals surface area contributed by atoms with Crippen molar-refractivity contribution >= 4 is 5.69 Å². The second-order valence-corrected chi connectivity index (χ2v) is 4.66. The average molecular weight is 218 g/mol.